The molecule has 0 amide bonds. The van der Waals surface area contributed by atoms with Gasteiger partial charge in [-0.15, -0.1) is 0 Å². The highest BCUT2D eigenvalue weighted by Gasteiger charge is 2.14. The minimum absolute atomic E-state index is 0. The maximum absolute atomic E-state index is 10.7. The van der Waals surface area contributed by atoms with Crippen molar-refractivity contribution in [2.45, 2.75) is 38.5 Å². The van der Waals surface area contributed by atoms with Crippen molar-refractivity contribution in [2.24, 2.45) is 0 Å². The molecule has 0 spiro atoms. The van der Waals surface area contributed by atoms with Gasteiger partial charge in [-0.05, 0) is 38.8 Å². The second kappa shape index (κ2) is 6.40. The maximum Gasteiger partial charge on any atom is 0.150 e. The molecule has 0 aromatic heterocycles. The molecule has 0 aromatic carbocycles. The van der Waals surface area contributed by atoms with Gasteiger partial charge in [0.2, 0.25) is 0 Å². The van der Waals surface area contributed by atoms with E-state index in [4.69, 9.17) is 0 Å². The molecule has 0 unspecified atom stereocenters. The highest BCUT2D eigenvalue weighted by molar-refractivity contribution is 7.91. The Balaban J connectivity index is 0.000000253. The quantitative estimate of drug-likeness (QED) is 0.675. The van der Waals surface area contributed by atoms with Gasteiger partial charge in [0.15, 0.2) is 0 Å². The topological polar surface area (TPSA) is 46.2 Å². The highest BCUT2D eigenvalue weighted by atomic mass is 32.2. The first kappa shape index (κ1) is 12.0. The van der Waals surface area contributed by atoms with Crippen LogP contribution in [0.2, 0.25) is 0 Å². The SMILES string of the molecule is C1CCNCC1.O=S1(=O)CCCCC1.[HH]. The van der Waals surface area contributed by atoms with E-state index in [9.17, 15) is 8.42 Å². The molecule has 2 heterocycles. The van der Waals surface area contributed by atoms with Crippen LogP contribution >= 0.6 is 0 Å². The zero-order valence-electron chi connectivity index (χ0n) is 8.80. The summed E-state index contributed by atoms with van der Waals surface area (Å²) in [6.45, 7) is 2.50. The first-order chi connectivity index (χ1) is 6.71. The predicted octanol–water partition coefficient (Wildman–Crippen LogP) is 1.59. The number of sulfone groups is 1. The van der Waals surface area contributed by atoms with Gasteiger partial charge in [-0.25, -0.2) is 8.42 Å². The number of hydrogen-bond acceptors (Lipinski definition) is 3. The van der Waals surface area contributed by atoms with Gasteiger partial charge in [0.05, 0.1) is 11.5 Å². The molecule has 2 rings (SSSR count). The van der Waals surface area contributed by atoms with E-state index >= 15 is 0 Å². The number of hydrogen-bond donors (Lipinski definition) is 1. The average Bonchev–Trinajstić information content (AvgIpc) is 2.21. The third-order valence-corrected chi connectivity index (χ3v) is 4.44. The van der Waals surface area contributed by atoms with Gasteiger partial charge in [0.1, 0.15) is 9.84 Å². The van der Waals surface area contributed by atoms with Crippen molar-refractivity contribution in [1.82, 2.24) is 5.32 Å². The summed E-state index contributed by atoms with van der Waals surface area (Å²) in [6, 6.07) is 0. The van der Waals surface area contributed by atoms with Crippen LogP contribution in [0.25, 0.3) is 0 Å². The molecule has 0 atom stereocenters. The molecule has 2 aliphatic rings. The summed E-state index contributed by atoms with van der Waals surface area (Å²) in [5.74, 6) is 0.847. The molecule has 0 radical (unpaired) electrons. The molecule has 0 aliphatic carbocycles. The standard InChI is InChI=1S/C5H11N.C5H10O2S.H2/c1-2-4-6-5-3-1;6-8(7)4-2-1-3-5-8;/h6H,1-5H2;1-5H2;1H. The summed E-state index contributed by atoms with van der Waals surface area (Å²) < 4.78 is 21.3. The summed E-state index contributed by atoms with van der Waals surface area (Å²) in [7, 11) is -2.58. The Bertz CT molecular complexity index is 214. The largest absolute Gasteiger partial charge is 0.317 e. The Kier molecular flexibility index (Phi) is 5.48. The molecule has 2 aliphatic heterocycles. The first-order valence-electron chi connectivity index (χ1n) is 5.62. The van der Waals surface area contributed by atoms with Crippen LogP contribution in [0.15, 0.2) is 0 Å². The Morgan fingerprint density at radius 1 is 0.786 bits per heavy atom. The Morgan fingerprint density at radius 3 is 1.50 bits per heavy atom. The number of rotatable bonds is 0. The van der Waals surface area contributed by atoms with Crippen LogP contribution in [0.3, 0.4) is 0 Å². The van der Waals surface area contributed by atoms with Crippen molar-refractivity contribution >= 4 is 9.84 Å². The molecule has 4 heteroatoms. The van der Waals surface area contributed by atoms with Gasteiger partial charge in [-0.3, -0.25) is 0 Å². The predicted molar refractivity (Wildman–Crippen MR) is 61.3 cm³/mol. The van der Waals surface area contributed by atoms with Gasteiger partial charge >= 0.3 is 0 Å². The van der Waals surface area contributed by atoms with Crippen LogP contribution in [0.5, 0.6) is 0 Å². The van der Waals surface area contributed by atoms with Crippen LogP contribution in [0.4, 0.5) is 0 Å². The zero-order chi connectivity index (χ0) is 10.3. The summed E-state index contributed by atoms with van der Waals surface area (Å²) >= 11 is 0. The molecule has 0 saturated carbocycles. The lowest BCUT2D eigenvalue weighted by Gasteiger charge is -2.08. The van der Waals surface area contributed by atoms with E-state index < -0.39 is 9.84 Å². The fraction of sp³-hybridized carbons (Fsp3) is 1.00. The van der Waals surface area contributed by atoms with Crippen molar-refractivity contribution < 1.29 is 9.84 Å². The lowest BCUT2D eigenvalue weighted by molar-refractivity contribution is 0.520. The van der Waals surface area contributed by atoms with Crippen LogP contribution in [-0.4, -0.2) is 33.0 Å². The summed E-state index contributed by atoms with van der Waals surface area (Å²) in [6.07, 6.45) is 7.07. The second-order valence-electron chi connectivity index (χ2n) is 4.02. The molecular formula is C10H23NO2S. The van der Waals surface area contributed by atoms with Crippen LogP contribution in [0.1, 0.15) is 40.0 Å². The van der Waals surface area contributed by atoms with E-state index in [1.54, 1.807) is 0 Å². The molecule has 0 bridgehead atoms. The number of nitrogens with one attached hydrogen (secondary N) is 1. The van der Waals surface area contributed by atoms with E-state index in [-0.39, 0.29) is 1.43 Å². The minimum atomic E-state index is -2.58. The van der Waals surface area contributed by atoms with E-state index in [2.05, 4.69) is 5.32 Å². The zero-order valence-corrected chi connectivity index (χ0v) is 9.61. The van der Waals surface area contributed by atoms with Gasteiger partial charge in [-0.2, -0.15) is 0 Å². The lowest BCUT2D eigenvalue weighted by Crippen LogP contribution is -2.21. The average molecular weight is 221 g/mol. The van der Waals surface area contributed by atoms with Crippen molar-refractivity contribution in [3.63, 3.8) is 0 Å². The summed E-state index contributed by atoms with van der Waals surface area (Å²) in [4.78, 5) is 0. The Hall–Kier alpha value is -0.0900. The van der Waals surface area contributed by atoms with Gasteiger partial charge in [0.25, 0.3) is 0 Å². The van der Waals surface area contributed by atoms with Crippen molar-refractivity contribution in [3.8, 4) is 0 Å². The first-order valence-corrected chi connectivity index (χ1v) is 7.44. The highest BCUT2D eigenvalue weighted by Crippen LogP contribution is 2.09. The Labute approximate surface area is 88.7 Å². The van der Waals surface area contributed by atoms with Crippen molar-refractivity contribution in [2.75, 3.05) is 24.6 Å². The normalized spacial score (nSPS) is 26.0. The fourth-order valence-corrected chi connectivity index (χ4v) is 3.22. The molecule has 1 N–H and O–H groups in total. The maximum atomic E-state index is 10.7. The monoisotopic (exact) mass is 221 g/mol. The minimum Gasteiger partial charge on any atom is -0.317 e. The molecule has 2 fully saturated rings. The van der Waals surface area contributed by atoms with Crippen LogP contribution in [-0.2, 0) is 9.84 Å². The number of piperidine rings is 1. The van der Waals surface area contributed by atoms with E-state index in [0.717, 1.165) is 19.3 Å². The van der Waals surface area contributed by atoms with Crippen molar-refractivity contribution in [1.29, 1.82) is 0 Å². The molecule has 14 heavy (non-hydrogen) atoms. The van der Waals surface area contributed by atoms with E-state index in [0.29, 0.717) is 11.5 Å². The van der Waals surface area contributed by atoms with E-state index in [1.807, 2.05) is 0 Å². The lowest BCUT2D eigenvalue weighted by atomic mass is 10.2. The summed E-state index contributed by atoms with van der Waals surface area (Å²) in [5.41, 5.74) is 0. The second-order valence-corrected chi connectivity index (χ2v) is 6.33. The Morgan fingerprint density at radius 2 is 1.29 bits per heavy atom. The van der Waals surface area contributed by atoms with E-state index in [1.165, 1.54) is 32.4 Å². The van der Waals surface area contributed by atoms with Crippen LogP contribution < -0.4 is 5.32 Å². The van der Waals surface area contributed by atoms with Gasteiger partial charge in [0, 0.05) is 1.43 Å². The molecular weight excluding hydrogens is 198 g/mol. The molecule has 0 aromatic rings. The molecule has 86 valence electrons. The third kappa shape index (κ3) is 5.60. The van der Waals surface area contributed by atoms with Crippen molar-refractivity contribution in [3.05, 3.63) is 0 Å². The van der Waals surface area contributed by atoms with Gasteiger partial charge in [-0.1, -0.05) is 12.8 Å². The molecule has 3 nitrogen and oxygen atoms in total. The van der Waals surface area contributed by atoms with Crippen LogP contribution in [0, 0.1) is 0 Å². The third-order valence-electron chi connectivity index (χ3n) is 2.62. The molecule has 2 saturated heterocycles. The summed E-state index contributed by atoms with van der Waals surface area (Å²) in [5, 5.41) is 3.28. The fourth-order valence-electron chi connectivity index (χ4n) is 1.72. The van der Waals surface area contributed by atoms with Gasteiger partial charge < -0.3 is 5.32 Å². The smallest absolute Gasteiger partial charge is 0.150 e.